The highest BCUT2D eigenvalue weighted by Gasteiger charge is 2.36. The van der Waals surface area contributed by atoms with Crippen molar-refractivity contribution in [3.63, 3.8) is 0 Å². The van der Waals surface area contributed by atoms with Crippen molar-refractivity contribution >= 4 is 23.2 Å². The average molecular weight is 357 g/mol. The molecule has 5 heteroatoms. The third-order valence-electron chi connectivity index (χ3n) is 4.96. The number of carboxylic acids is 1. The number of amides is 1. The van der Waals surface area contributed by atoms with E-state index in [9.17, 15) is 14.7 Å². The zero-order valence-electron chi connectivity index (χ0n) is 14.6. The smallest absolute Gasteiger partial charge is 0.331 e. The number of hydrogen-bond acceptors (Lipinski definition) is 3. The van der Waals surface area contributed by atoms with Crippen LogP contribution in [0, 0.1) is 0 Å². The van der Waals surface area contributed by atoms with Crippen LogP contribution in [-0.4, -0.2) is 28.4 Å². The van der Waals surface area contributed by atoms with E-state index >= 15 is 0 Å². The molecule has 0 saturated carbocycles. The average Bonchev–Trinajstić information content (AvgIpc) is 3.09. The van der Waals surface area contributed by atoms with Crippen LogP contribution in [0.5, 0.6) is 0 Å². The summed E-state index contributed by atoms with van der Waals surface area (Å²) in [6.45, 7) is 4.61. The number of aliphatic carboxylic acids is 1. The van der Waals surface area contributed by atoms with Gasteiger partial charge in [-0.2, -0.15) is 0 Å². The second-order valence-electron chi connectivity index (χ2n) is 6.58. The van der Waals surface area contributed by atoms with Crippen molar-refractivity contribution in [2.75, 3.05) is 6.54 Å². The van der Waals surface area contributed by atoms with Gasteiger partial charge in [0, 0.05) is 17.8 Å². The van der Waals surface area contributed by atoms with E-state index in [2.05, 4.69) is 31.2 Å². The molecule has 0 saturated heterocycles. The molecule has 132 valence electrons. The van der Waals surface area contributed by atoms with Crippen molar-refractivity contribution in [1.82, 2.24) is 4.90 Å². The summed E-state index contributed by atoms with van der Waals surface area (Å²) in [4.78, 5) is 27.2. The number of fused-ring (bicyclic) bond motifs is 1. The van der Waals surface area contributed by atoms with Gasteiger partial charge in [-0.05, 0) is 46.9 Å². The van der Waals surface area contributed by atoms with Crippen LogP contribution in [-0.2, 0) is 22.4 Å². The number of carbonyl (C=O) groups excluding carboxylic acids is 1. The molecular formula is C20H23NO3S. The quantitative estimate of drug-likeness (QED) is 0.879. The first-order chi connectivity index (χ1) is 12.0. The van der Waals surface area contributed by atoms with Gasteiger partial charge in [0.1, 0.15) is 0 Å². The molecule has 1 aromatic heterocycles. The Morgan fingerprint density at radius 2 is 2.00 bits per heavy atom. The number of hydrogen-bond donors (Lipinski definition) is 1. The van der Waals surface area contributed by atoms with E-state index < -0.39 is 12.0 Å². The standard InChI is InChI=1S/C20H23NO3S/c1-3-14-4-6-15(7-5-14)13(2)12-18(22)21-10-8-17-16(9-11-25-17)19(21)20(23)24/h4-7,9,11,13,19H,3,8,10,12H2,1-2H3,(H,23,24). The molecule has 1 aromatic carbocycles. The van der Waals surface area contributed by atoms with Crippen molar-refractivity contribution in [2.24, 2.45) is 0 Å². The Bertz CT molecular complexity index is 766. The Hall–Kier alpha value is -2.14. The van der Waals surface area contributed by atoms with Gasteiger partial charge in [0.25, 0.3) is 0 Å². The molecule has 1 aliphatic rings. The molecule has 0 fully saturated rings. The zero-order chi connectivity index (χ0) is 18.0. The molecule has 1 aliphatic heterocycles. The Kier molecular flexibility index (Phi) is 5.23. The molecule has 4 nitrogen and oxygen atoms in total. The first-order valence-corrected chi connectivity index (χ1v) is 9.56. The summed E-state index contributed by atoms with van der Waals surface area (Å²) in [6.07, 6.45) is 2.06. The molecule has 2 unspecified atom stereocenters. The van der Waals surface area contributed by atoms with E-state index in [1.165, 1.54) is 10.5 Å². The number of thiophene rings is 1. The monoisotopic (exact) mass is 357 g/mol. The molecule has 2 atom stereocenters. The third kappa shape index (κ3) is 3.61. The van der Waals surface area contributed by atoms with E-state index in [1.807, 2.05) is 18.4 Å². The highest BCUT2D eigenvalue weighted by atomic mass is 32.1. The fraction of sp³-hybridized carbons (Fsp3) is 0.400. The lowest BCUT2D eigenvalue weighted by Gasteiger charge is -2.34. The largest absolute Gasteiger partial charge is 0.479 e. The predicted octanol–water partition coefficient (Wildman–Crippen LogP) is 4.01. The van der Waals surface area contributed by atoms with E-state index in [1.54, 1.807) is 11.3 Å². The number of benzene rings is 1. The number of nitrogens with zero attached hydrogens (tertiary/aromatic N) is 1. The Morgan fingerprint density at radius 1 is 1.28 bits per heavy atom. The first kappa shape index (κ1) is 17.7. The van der Waals surface area contributed by atoms with E-state index in [-0.39, 0.29) is 11.8 Å². The summed E-state index contributed by atoms with van der Waals surface area (Å²) in [5.41, 5.74) is 3.16. The predicted molar refractivity (Wildman–Crippen MR) is 99.0 cm³/mol. The molecule has 0 aliphatic carbocycles. The van der Waals surface area contributed by atoms with E-state index in [0.717, 1.165) is 28.8 Å². The van der Waals surface area contributed by atoms with Crippen LogP contribution >= 0.6 is 11.3 Å². The van der Waals surface area contributed by atoms with Crippen molar-refractivity contribution < 1.29 is 14.7 Å². The van der Waals surface area contributed by atoms with Gasteiger partial charge < -0.3 is 10.0 Å². The third-order valence-corrected chi connectivity index (χ3v) is 5.95. The summed E-state index contributed by atoms with van der Waals surface area (Å²) in [5, 5.41) is 11.6. The van der Waals surface area contributed by atoms with Gasteiger partial charge in [0.15, 0.2) is 6.04 Å². The van der Waals surface area contributed by atoms with Crippen LogP contribution in [0.3, 0.4) is 0 Å². The first-order valence-electron chi connectivity index (χ1n) is 8.68. The van der Waals surface area contributed by atoms with Crippen molar-refractivity contribution in [3.8, 4) is 0 Å². The fourth-order valence-corrected chi connectivity index (χ4v) is 4.33. The van der Waals surface area contributed by atoms with Crippen LogP contribution in [0.15, 0.2) is 35.7 Å². The lowest BCUT2D eigenvalue weighted by atomic mass is 9.94. The van der Waals surface area contributed by atoms with Crippen molar-refractivity contribution in [1.29, 1.82) is 0 Å². The minimum Gasteiger partial charge on any atom is -0.479 e. The second-order valence-corrected chi connectivity index (χ2v) is 7.58. The van der Waals surface area contributed by atoms with Crippen LogP contribution in [0.2, 0.25) is 0 Å². The summed E-state index contributed by atoms with van der Waals surface area (Å²) in [6, 6.07) is 9.31. The van der Waals surface area contributed by atoms with E-state index in [4.69, 9.17) is 0 Å². The summed E-state index contributed by atoms with van der Waals surface area (Å²) < 4.78 is 0. The molecular weight excluding hydrogens is 334 g/mol. The van der Waals surface area contributed by atoms with Crippen LogP contribution in [0.25, 0.3) is 0 Å². The molecule has 0 radical (unpaired) electrons. The normalized spacial score (nSPS) is 17.8. The van der Waals surface area contributed by atoms with Gasteiger partial charge in [0.05, 0.1) is 0 Å². The molecule has 0 spiro atoms. The number of carboxylic acid groups (broad SMARTS) is 1. The van der Waals surface area contributed by atoms with Crippen molar-refractivity contribution in [3.05, 3.63) is 57.3 Å². The highest BCUT2D eigenvalue weighted by Crippen LogP contribution is 2.34. The second kappa shape index (κ2) is 7.40. The Morgan fingerprint density at radius 3 is 2.64 bits per heavy atom. The van der Waals surface area contributed by atoms with Crippen LogP contribution < -0.4 is 0 Å². The maximum atomic E-state index is 12.8. The highest BCUT2D eigenvalue weighted by molar-refractivity contribution is 7.10. The molecule has 1 N–H and O–H groups in total. The molecule has 3 rings (SSSR count). The maximum absolute atomic E-state index is 12.8. The van der Waals surface area contributed by atoms with Gasteiger partial charge in [0.2, 0.25) is 5.91 Å². The SMILES string of the molecule is CCc1ccc(C(C)CC(=O)N2CCc3sccc3C2C(=O)O)cc1. The maximum Gasteiger partial charge on any atom is 0.331 e. The number of carbonyl (C=O) groups is 2. The minimum absolute atomic E-state index is 0.0664. The Labute approximate surface area is 152 Å². The summed E-state index contributed by atoms with van der Waals surface area (Å²) in [7, 11) is 0. The van der Waals surface area contributed by atoms with Gasteiger partial charge in [-0.3, -0.25) is 4.79 Å². The fourth-order valence-electron chi connectivity index (χ4n) is 3.43. The topological polar surface area (TPSA) is 57.6 Å². The van der Waals surface area contributed by atoms with Crippen LogP contribution in [0.4, 0.5) is 0 Å². The minimum atomic E-state index is -0.951. The number of aryl methyl sites for hydroxylation is 1. The van der Waals surface area contributed by atoms with Crippen LogP contribution in [0.1, 0.15) is 53.8 Å². The molecule has 0 bridgehead atoms. The summed E-state index contributed by atoms with van der Waals surface area (Å²) >= 11 is 1.57. The molecule has 2 heterocycles. The molecule has 1 amide bonds. The van der Waals surface area contributed by atoms with Crippen molar-refractivity contribution in [2.45, 2.75) is 45.1 Å². The number of rotatable bonds is 5. The molecule has 25 heavy (non-hydrogen) atoms. The lowest BCUT2D eigenvalue weighted by Crippen LogP contribution is -2.43. The van der Waals surface area contributed by atoms with Gasteiger partial charge in [-0.1, -0.05) is 38.1 Å². The summed E-state index contributed by atoms with van der Waals surface area (Å²) in [5.74, 6) is -0.972. The molecule has 2 aromatic rings. The van der Waals surface area contributed by atoms with Gasteiger partial charge >= 0.3 is 5.97 Å². The zero-order valence-corrected chi connectivity index (χ0v) is 15.4. The van der Waals surface area contributed by atoms with Gasteiger partial charge in [-0.15, -0.1) is 11.3 Å². The Balaban J connectivity index is 1.74. The lowest BCUT2D eigenvalue weighted by molar-refractivity contribution is -0.151. The van der Waals surface area contributed by atoms with Gasteiger partial charge in [-0.25, -0.2) is 4.79 Å². The van der Waals surface area contributed by atoms with E-state index in [0.29, 0.717) is 13.0 Å².